The van der Waals surface area contributed by atoms with Crippen molar-refractivity contribution in [1.82, 2.24) is 0 Å². The fourth-order valence-corrected chi connectivity index (χ4v) is 2.05. The van der Waals surface area contributed by atoms with Crippen LogP contribution in [0, 0.1) is 11.5 Å². The van der Waals surface area contributed by atoms with E-state index in [1.807, 2.05) is 13.8 Å². The van der Waals surface area contributed by atoms with Crippen molar-refractivity contribution in [3.05, 3.63) is 11.6 Å². The summed E-state index contributed by atoms with van der Waals surface area (Å²) >= 11 is 2.80. The molecule has 0 heterocycles. The van der Waals surface area contributed by atoms with E-state index >= 15 is 0 Å². The smallest absolute Gasteiger partial charge is 0 e. The first-order valence-corrected chi connectivity index (χ1v) is 6.59. The van der Waals surface area contributed by atoms with E-state index in [0.29, 0.717) is 0 Å². The third-order valence-corrected chi connectivity index (χ3v) is 1.84. The van der Waals surface area contributed by atoms with Gasteiger partial charge in [0, 0.05) is 53.8 Å². The van der Waals surface area contributed by atoms with Crippen LogP contribution in [-0.4, -0.2) is 8.80 Å². The predicted octanol–water partition coefficient (Wildman–Crippen LogP) is 2.24. The zero-order valence-corrected chi connectivity index (χ0v) is 20.9. The second kappa shape index (κ2) is 15.6. The number of allylic oxidation sites excluding steroid dienone is 2. The van der Waals surface area contributed by atoms with E-state index in [2.05, 4.69) is 35.6 Å². The van der Waals surface area contributed by atoms with Gasteiger partial charge in [0.1, 0.15) is 0 Å². The van der Waals surface area contributed by atoms with Gasteiger partial charge in [-0.05, 0) is 0 Å². The summed E-state index contributed by atoms with van der Waals surface area (Å²) in [6, 6.07) is 0. The van der Waals surface area contributed by atoms with Gasteiger partial charge in [0.05, 0.1) is 0 Å². The Morgan fingerprint density at radius 3 is 1.36 bits per heavy atom. The Morgan fingerprint density at radius 2 is 1.36 bits per heavy atom. The largest absolute Gasteiger partial charge is 0 e. The fraction of sp³-hybridized carbons (Fsp3) is 0.600. The normalized spacial score (nSPS) is 9.64. The quantitative estimate of drug-likeness (QED) is 0.359. The number of rotatable bonds is 1. The maximum Gasteiger partial charge on any atom is 0 e. The van der Waals surface area contributed by atoms with Crippen molar-refractivity contribution in [2.24, 2.45) is 5.41 Å². The molecule has 0 nitrogen and oxygen atoms in total. The minimum Gasteiger partial charge on any atom is 0 e. The van der Waals surface area contributed by atoms with E-state index in [1.165, 1.54) is 44.3 Å². The Morgan fingerprint density at radius 1 is 1.07 bits per heavy atom. The van der Waals surface area contributed by atoms with Crippen molar-refractivity contribution >= 4 is 8.80 Å². The van der Waals surface area contributed by atoms with Gasteiger partial charge in [-0.15, -0.1) is 0 Å². The first-order chi connectivity index (χ1) is 5.43. The van der Waals surface area contributed by atoms with Crippen LogP contribution in [0.4, 0.5) is 0 Å². The summed E-state index contributed by atoms with van der Waals surface area (Å²) in [5, 5.41) is 0. The fourth-order valence-electron chi connectivity index (χ4n) is 0.579. The van der Waals surface area contributed by atoms with Gasteiger partial charge in [0.25, 0.3) is 0 Å². The average molecular weight is 776 g/mol. The average Bonchev–Trinajstić information content (AvgIpc) is 1.88. The maximum absolute atomic E-state index is 3.18. The van der Waals surface area contributed by atoms with Crippen LogP contribution in [0.2, 0.25) is 0 Å². The zero-order chi connectivity index (χ0) is 10.2. The van der Waals surface area contributed by atoms with Gasteiger partial charge >= 0.3 is 99.2 Å². The van der Waals surface area contributed by atoms with Crippen LogP contribution in [-0.2, 0) is 92.5 Å². The number of hydrogen-bond acceptors (Lipinski definition) is 0. The second-order valence-electron chi connectivity index (χ2n) is 3.18. The molecule has 0 aliphatic rings. The Balaban J connectivity index is -0.0000000891. The molecule has 0 fully saturated rings. The van der Waals surface area contributed by atoms with Crippen molar-refractivity contribution < 1.29 is 92.5 Å². The van der Waals surface area contributed by atoms with Crippen molar-refractivity contribution in [1.29, 1.82) is 0 Å². The van der Waals surface area contributed by atoms with Crippen molar-refractivity contribution in [2.75, 3.05) is 0 Å². The molecule has 0 N–H and O–H groups in total. The molecule has 0 aliphatic carbocycles. The molecule has 0 aromatic rings. The molecule has 0 aromatic heterocycles. The summed E-state index contributed by atoms with van der Waals surface area (Å²) in [4.78, 5) is 0. The van der Waals surface area contributed by atoms with E-state index < -0.39 is 0 Å². The van der Waals surface area contributed by atoms with Gasteiger partial charge in [-0.2, -0.15) is 0 Å². The topological polar surface area (TPSA) is 0 Å². The molecule has 0 bridgehead atoms. The SMILES string of the molecule is C[C-]=C([C-]=[W])C(C)(C)C.C[C-]=[W].[W].[Y]. The molecular weight excluding hydrogens is 761 g/mol. The first kappa shape index (κ1) is 25.5. The summed E-state index contributed by atoms with van der Waals surface area (Å²) in [6.07, 6.45) is 3.12. The van der Waals surface area contributed by atoms with Gasteiger partial charge in [0.15, 0.2) is 0 Å². The minimum atomic E-state index is 0. The molecule has 0 unspecified atom stereocenters. The van der Waals surface area contributed by atoms with Crippen molar-refractivity contribution in [3.8, 4) is 0 Å². The molecule has 0 saturated heterocycles. The third-order valence-electron chi connectivity index (χ3n) is 1.10. The van der Waals surface area contributed by atoms with Gasteiger partial charge in [-0.1, -0.05) is 0 Å². The van der Waals surface area contributed by atoms with E-state index in [0.717, 1.165) is 0 Å². The molecule has 0 aliphatic heterocycles. The Bertz CT molecular complexity index is 169. The minimum absolute atomic E-state index is 0. The molecule has 79 valence electrons. The maximum atomic E-state index is 3.18. The summed E-state index contributed by atoms with van der Waals surface area (Å²) < 4.78 is 6.01. The van der Waals surface area contributed by atoms with Crippen LogP contribution in [0.3, 0.4) is 0 Å². The van der Waals surface area contributed by atoms with Crippen LogP contribution >= 0.6 is 0 Å². The molecule has 0 atom stereocenters. The van der Waals surface area contributed by atoms with E-state index in [-0.39, 0.29) is 59.2 Å². The van der Waals surface area contributed by atoms with Gasteiger partial charge in [0.2, 0.25) is 0 Å². The van der Waals surface area contributed by atoms with Crippen LogP contribution in [0.25, 0.3) is 0 Å². The number of hydrogen-bond donors (Lipinski definition) is 0. The van der Waals surface area contributed by atoms with Gasteiger partial charge in [-0.3, -0.25) is 0 Å². The molecule has 4 heteroatoms. The Labute approximate surface area is 150 Å². The molecule has 0 amide bonds. The molecule has 0 saturated carbocycles. The summed E-state index contributed by atoms with van der Waals surface area (Å²) in [7, 11) is 0. The third kappa shape index (κ3) is 17.1. The van der Waals surface area contributed by atoms with Crippen molar-refractivity contribution in [3.63, 3.8) is 0 Å². The zero-order valence-electron chi connectivity index (χ0n) is 9.30. The van der Waals surface area contributed by atoms with Gasteiger partial charge < -0.3 is 0 Å². The predicted molar refractivity (Wildman–Crippen MR) is 47.6 cm³/mol. The second-order valence-corrected chi connectivity index (χ2v) is 5.38. The molecule has 0 spiro atoms. The van der Waals surface area contributed by atoms with Crippen LogP contribution in [0.5, 0.6) is 0 Å². The molecule has 14 heavy (non-hydrogen) atoms. The standard InChI is InChI=1S/C8H12.C2H3.3W.Y/c1-6-7(2)8(3,4)5;1-2;;;;/h1,3-5H3;1H3;;;;/q-2;-1;;;;. The van der Waals surface area contributed by atoms with E-state index in [4.69, 9.17) is 0 Å². The van der Waals surface area contributed by atoms with Gasteiger partial charge in [-0.25, -0.2) is 0 Å². The first-order valence-electron chi connectivity index (χ1n) is 3.66. The van der Waals surface area contributed by atoms with Crippen molar-refractivity contribution in [2.45, 2.75) is 34.6 Å². The molecule has 0 aromatic carbocycles. The van der Waals surface area contributed by atoms with E-state index in [9.17, 15) is 0 Å². The molecular formula is C10H15W3Y-3. The Hall–Kier alpha value is 2.65. The summed E-state index contributed by atoms with van der Waals surface area (Å²) in [5.41, 5.74) is 1.44. The monoisotopic (exact) mass is 776 g/mol. The molecule has 0 rings (SSSR count). The van der Waals surface area contributed by atoms with Crippen LogP contribution in [0.1, 0.15) is 34.6 Å². The van der Waals surface area contributed by atoms with Crippen LogP contribution in [0.15, 0.2) is 5.57 Å². The Kier molecular flexibility index (Phi) is 28.5. The molecule has 1 radical (unpaired) electrons. The summed E-state index contributed by atoms with van der Waals surface area (Å²) in [6.45, 7) is 10.4. The summed E-state index contributed by atoms with van der Waals surface area (Å²) in [5.74, 6) is 0. The van der Waals surface area contributed by atoms with Crippen LogP contribution < -0.4 is 0 Å². The van der Waals surface area contributed by atoms with E-state index in [1.54, 1.807) is 0 Å².